The third-order valence-corrected chi connectivity index (χ3v) is 3.06. The van der Waals surface area contributed by atoms with Gasteiger partial charge in [0.05, 0.1) is 6.61 Å². The first kappa shape index (κ1) is 14.4. The minimum absolute atomic E-state index is 0.108. The van der Waals surface area contributed by atoms with Gasteiger partial charge in [-0.05, 0) is 49.2 Å². The van der Waals surface area contributed by atoms with Crippen molar-refractivity contribution in [1.29, 1.82) is 0 Å². The van der Waals surface area contributed by atoms with Crippen LogP contribution < -0.4 is 10.1 Å². The molecule has 0 spiro atoms. The van der Waals surface area contributed by atoms with Crippen LogP contribution in [-0.4, -0.2) is 6.61 Å². The van der Waals surface area contributed by atoms with Gasteiger partial charge in [-0.3, -0.25) is 0 Å². The van der Waals surface area contributed by atoms with E-state index in [2.05, 4.69) is 12.2 Å². The average Bonchev–Trinajstić information content (AvgIpc) is 2.45. The van der Waals surface area contributed by atoms with Gasteiger partial charge in [-0.25, -0.2) is 4.39 Å². The highest BCUT2D eigenvalue weighted by atomic mass is 19.1. The average molecular weight is 273 g/mol. The lowest BCUT2D eigenvalue weighted by atomic mass is 10.1. The van der Waals surface area contributed by atoms with Gasteiger partial charge in [-0.2, -0.15) is 0 Å². The maximum Gasteiger partial charge on any atom is 0.125 e. The van der Waals surface area contributed by atoms with Gasteiger partial charge in [0.25, 0.3) is 0 Å². The molecule has 1 atom stereocenters. The molecule has 0 amide bonds. The molecule has 0 fully saturated rings. The van der Waals surface area contributed by atoms with E-state index in [1.807, 2.05) is 37.3 Å². The summed E-state index contributed by atoms with van der Waals surface area (Å²) >= 11 is 0. The summed E-state index contributed by atoms with van der Waals surface area (Å²) in [6.45, 7) is 4.86. The van der Waals surface area contributed by atoms with Gasteiger partial charge in [0.1, 0.15) is 11.6 Å². The van der Waals surface area contributed by atoms with Crippen molar-refractivity contribution in [3.63, 3.8) is 0 Å². The topological polar surface area (TPSA) is 21.3 Å². The van der Waals surface area contributed by atoms with Crippen LogP contribution in [0.4, 0.5) is 10.1 Å². The monoisotopic (exact) mass is 273 g/mol. The van der Waals surface area contributed by atoms with Crippen molar-refractivity contribution in [3.05, 3.63) is 59.9 Å². The first-order chi connectivity index (χ1) is 9.69. The lowest BCUT2D eigenvalue weighted by Crippen LogP contribution is -2.06. The fourth-order valence-electron chi connectivity index (χ4n) is 1.98. The molecule has 20 heavy (non-hydrogen) atoms. The Morgan fingerprint density at radius 3 is 2.55 bits per heavy atom. The van der Waals surface area contributed by atoms with Gasteiger partial charge in [0.15, 0.2) is 0 Å². The fraction of sp³-hybridized carbons (Fsp3) is 0.294. The molecule has 1 N–H and O–H groups in total. The highest BCUT2D eigenvalue weighted by molar-refractivity contribution is 5.45. The molecule has 0 heterocycles. The number of ether oxygens (including phenoxy) is 1. The molecule has 2 rings (SSSR count). The second kappa shape index (κ2) is 6.94. The van der Waals surface area contributed by atoms with Crippen molar-refractivity contribution in [2.24, 2.45) is 0 Å². The molecule has 2 nitrogen and oxygen atoms in total. The number of anilines is 1. The van der Waals surface area contributed by atoms with Gasteiger partial charge in [0, 0.05) is 11.7 Å². The Bertz CT molecular complexity index is 539. The second-order valence-electron chi connectivity index (χ2n) is 4.79. The normalized spacial score (nSPS) is 11.9. The van der Waals surface area contributed by atoms with E-state index in [0.29, 0.717) is 0 Å². The third kappa shape index (κ3) is 3.98. The van der Waals surface area contributed by atoms with E-state index in [9.17, 15) is 4.39 Å². The molecule has 0 bridgehead atoms. The molecule has 0 aliphatic rings. The summed E-state index contributed by atoms with van der Waals surface area (Å²) in [6, 6.07) is 14.6. The molecule has 0 saturated heterocycles. The summed E-state index contributed by atoms with van der Waals surface area (Å²) in [5, 5.41) is 3.28. The fourth-order valence-corrected chi connectivity index (χ4v) is 1.98. The maximum atomic E-state index is 13.1. The molecule has 0 aliphatic heterocycles. The Morgan fingerprint density at radius 2 is 1.90 bits per heavy atom. The van der Waals surface area contributed by atoms with Crippen LogP contribution in [0.5, 0.6) is 5.75 Å². The molecule has 2 aromatic rings. The van der Waals surface area contributed by atoms with E-state index >= 15 is 0 Å². The largest absolute Gasteiger partial charge is 0.494 e. The number of halogens is 1. The van der Waals surface area contributed by atoms with Crippen LogP contribution >= 0.6 is 0 Å². The zero-order valence-electron chi connectivity index (χ0n) is 11.9. The van der Waals surface area contributed by atoms with Gasteiger partial charge in [-0.15, -0.1) is 0 Å². The number of rotatable bonds is 6. The van der Waals surface area contributed by atoms with E-state index in [-0.39, 0.29) is 11.9 Å². The molecule has 0 aliphatic carbocycles. The van der Waals surface area contributed by atoms with Crippen molar-refractivity contribution in [2.75, 3.05) is 11.9 Å². The Kier molecular flexibility index (Phi) is 4.99. The number of hydrogen-bond acceptors (Lipinski definition) is 2. The third-order valence-electron chi connectivity index (χ3n) is 3.06. The Balaban J connectivity index is 2.00. The predicted octanol–water partition coefficient (Wildman–Crippen LogP) is 4.79. The molecular formula is C17H20FNO. The molecule has 2 aromatic carbocycles. The maximum absolute atomic E-state index is 13.1. The van der Waals surface area contributed by atoms with Crippen molar-refractivity contribution >= 4 is 5.69 Å². The van der Waals surface area contributed by atoms with E-state index in [4.69, 9.17) is 4.74 Å². The summed E-state index contributed by atoms with van der Waals surface area (Å²) < 4.78 is 18.7. The van der Waals surface area contributed by atoms with E-state index in [1.54, 1.807) is 6.07 Å². The van der Waals surface area contributed by atoms with Crippen molar-refractivity contribution in [3.8, 4) is 5.75 Å². The minimum Gasteiger partial charge on any atom is -0.494 e. The first-order valence-electron chi connectivity index (χ1n) is 6.94. The standard InChI is InChI=1S/C17H20FNO/c1-3-11-20-17-9-7-14(8-10-17)13(2)19-16-6-4-5-15(18)12-16/h4-10,12-13,19H,3,11H2,1-2H3. The second-order valence-corrected chi connectivity index (χ2v) is 4.79. The Hall–Kier alpha value is -2.03. The van der Waals surface area contributed by atoms with Crippen LogP contribution in [0.2, 0.25) is 0 Å². The van der Waals surface area contributed by atoms with Crippen LogP contribution in [0.15, 0.2) is 48.5 Å². The van der Waals surface area contributed by atoms with Crippen molar-refractivity contribution in [2.45, 2.75) is 26.3 Å². The first-order valence-corrected chi connectivity index (χ1v) is 6.94. The van der Waals surface area contributed by atoms with Gasteiger partial charge >= 0.3 is 0 Å². The molecule has 106 valence electrons. The van der Waals surface area contributed by atoms with Crippen LogP contribution in [-0.2, 0) is 0 Å². The molecular weight excluding hydrogens is 253 g/mol. The summed E-state index contributed by atoms with van der Waals surface area (Å²) in [4.78, 5) is 0. The van der Waals surface area contributed by atoms with Crippen LogP contribution in [0.3, 0.4) is 0 Å². The molecule has 0 aromatic heterocycles. The zero-order chi connectivity index (χ0) is 14.4. The van der Waals surface area contributed by atoms with Crippen LogP contribution in [0.25, 0.3) is 0 Å². The molecule has 0 saturated carbocycles. The minimum atomic E-state index is -0.231. The Morgan fingerprint density at radius 1 is 1.15 bits per heavy atom. The van der Waals surface area contributed by atoms with Crippen LogP contribution in [0, 0.1) is 5.82 Å². The molecule has 0 radical (unpaired) electrons. The number of nitrogens with one attached hydrogen (secondary N) is 1. The SMILES string of the molecule is CCCOc1ccc(C(C)Nc2cccc(F)c2)cc1. The predicted molar refractivity (Wildman–Crippen MR) is 80.7 cm³/mol. The van der Waals surface area contributed by atoms with Crippen molar-refractivity contribution in [1.82, 2.24) is 0 Å². The highest BCUT2D eigenvalue weighted by Gasteiger charge is 2.06. The van der Waals surface area contributed by atoms with E-state index < -0.39 is 0 Å². The zero-order valence-corrected chi connectivity index (χ0v) is 11.9. The van der Waals surface area contributed by atoms with E-state index in [1.165, 1.54) is 12.1 Å². The van der Waals surface area contributed by atoms with Gasteiger partial charge < -0.3 is 10.1 Å². The lowest BCUT2D eigenvalue weighted by molar-refractivity contribution is 0.317. The Labute approximate surface area is 119 Å². The highest BCUT2D eigenvalue weighted by Crippen LogP contribution is 2.22. The number of hydrogen-bond donors (Lipinski definition) is 1. The molecule has 3 heteroatoms. The quantitative estimate of drug-likeness (QED) is 0.817. The smallest absolute Gasteiger partial charge is 0.125 e. The van der Waals surface area contributed by atoms with Gasteiger partial charge in [-0.1, -0.05) is 25.1 Å². The number of benzene rings is 2. The summed E-state index contributed by atoms with van der Waals surface area (Å²) in [5.41, 5.74) is 1.92. The van der Waals surface area contributed by atoms with E-state index in [0.717, 1.165) is 30.0 Å². The van der Waals surface area contributed by atoms with Crippen molar-refractivity contribution < 1.29 is 9.13 Å². The summed E-state index contributed by atoms with van der Waals surface area (Å²) in [6.07, 6.45) is 0.999. The summed E-state index contributed by atoms with van der Waals surface area (Å²) in [5.74, 6) is 0.652. The van der Waals surface area contributed by atoms with Gasteiger partial charge in [0.2, 0.25) is 0 Å². The summed E-state index contributed by atoms with van der Waals surface area (Å²) in [7, 11) is 0. The van der Waals surface area contributed by atoms with Crippen LogP contribution in [0.1, 0.15) is 31.9 Å². The lowest BCUT2D eigenvalue weighted by Gasteiger charge is -2.16. The molecule has 1 unspecified atom stereocenters.